The van der Waals surface area contributed by atoms with Crippen molar-refractivity contribution in [1.29, 1.82) is 0 Å². The van der Waals surface area contributed by atoms with Crippen LogP contribution in [0.1, 0.15) is 19.4 Å². The Labute approximate surface area is 151 Å². The van der Waals surface area contributed by atoms with E-state index in [4.69, 9.17) is 4.74 Å². The van der Waals surface area contributed by atoms with Gasteiger partial charge in [0.25, 0.3) is 0 Å². The molecule has 130 valence electrons. The first-order valence-corrected chi connectivity index (χ1v) is 8.88. The molecule has 25 heavy (non-hydrogen) atoms. The van der Waals surface area contributed by atoms with E-state index in [-0.39, 0.29) is 17.1 Å². The van der Waals surface area contributed by atoms with Crippen molar-refractivity contribution in [2.45, 2.75) is 30.5 Å². The molecule has 0 aliphatic carbocycles. The summed E-state index contributed by atoms with van der Waals surface area (Å²) >= 11 is 1.55. The predicted molar refractivity (Wildman–Crippen MR) is 100 cm³/mol. The first-order chi connectivity index (χ1) is 12.0. The highest BCUT2D eigenvalue weighted by Gasteiger charge is 2.31. The topological polar surface area (TPSA) is 58.6 Å². The van der Waals surface area contributed by atoms with Gasteiger partial charge in [0.05, 0.1) is 24.6 Å². The van der Waals surface area contributed by atoms with E-state index in [9.17, 15) is 9.59 Å². The normalized spacial score (nSPS) is 16.4. The monoisotopic (exact) mass is 356 g/mol. The number of thioether (sulfide) groups is 1. The number of carbonyl (C=O) groups excluding carboxylic acids is 2. The van der Waals surface area contributed by atoms with Gasteiger partial charge >= 0.3 is 0 Å². The number of nitrogens with zero attached hydrogens (tertiary/aromatic N) is 1. The lowest BCUT2D eigenvalue weighted by Gasteiger charge is -2.32. The first kappa shape index (κ1) is 17.4. The zero-order valence-electron chi connectivity index (χ0n) is 14.4. The summed E-state index contributed by atoms with van der Waals surface area (Å²) in [5.41, 5.74) is 2.65. The summed E-state index contributed by atoms with van der Waals surface area (Å²) in [4.78, 5) is 26.6. The zero-order valence-corrected chi connectivity index (χ0v) is 15.2. The summed E-state index contributed by atoms with van der Waals surface area (Å²) in [6.45, 7) is 3.89. The van der Waals surface area contributed by atoms with Crippen molar-refractivity contribution in [3.8, 4) is 5.75 Å². The molecule has 1 atom stereocenters. The van der Waals surface area contributed by atoms with E-state index in [0.717, 1.165) is 27.6 Å². The lowest BCUT2D eigenvalue weighted by Crippen LogP contribution is -2.39. The molecule has 0 saturated carbocycles. The molecule has 1 N–H and O–H groups in total. The Morgan fingerprint density at radius 3 is 2.60 bits per heavy atom. The van der Waals surface area contributed by atoms with Crippen LogP contribution in [0.5, 0.6) is 5.75 Å². The fourth-order valence-corrected chi connectivity index (χ4v) is 3.85. The van der Waals surface area contributed by atoms with Crippen LogP contribution in [0.2, 0.25) is 0 Å². The number of amides is 2. The molecule has 0 fully saturated rings. The predicted octanol–water partition coefficient (Wildman–Crippen LogP) is 3.68. The van der Waals surface area contributed by atoms with Gasteiger partial charge in [-0.2, -0.15) is 0 Å². The van der Waals surface area contributed by atoms with Crippen molar-refractivity contribution in [3.05, 3.63) is 48.0 Å². The Balaban J connectivity index is 1.86. The smallest absolute Gasteiger partial charge is 0.240 e. The molecule has 2 amide bonds. The van der Waals surface area contributed by atoms with Crippen LogP contribution >= 0.6 is 11.8 Å². The highest BCUT2D eigenvalue weighted by molar-refractivity contribution is 8.01. The van der Waals surface area contributed by atoms with Crippen LogP contribution in [-0.2, 0) is 16.1 Å². The summed E-state index contributed by atoms with van der Waals surface area (Å²) in [7, 11) is 1.64. The van der Waals surface area contributed by atoms with E-state index >= 15 is 0 Å². The van der Waals surface area contributed by atoms with E-state index in [1.165, 1.54) is 6.92 Å². The summed E-state index contributed by atoms with van der Waals surface area (Å²) in [6.07, 6.45) is 0. The quantitative estimate of drug-likeness (QED) is 0.908. The number of anilines is 2. The third kappa shape index (κ3) is 3.79. The SMILES string of the molecule is COc1ccc2c(c1)SC(C)C(=O)N2Cc1ccc(NC(C)=O)cc1. The molecule has 3 rings (SSSR count). The van der Waals surface area contributed by atoms with Crippen LogP contribution in [0, 0.1) is 0 Å². The Bertz CT molecular complexity index is 805. The molecule has 1 heterocycles. The van der Waals surface area contributed by atoms with Crippen molar-refractivity contribution < 1.29 is 14.3 Å². The number of rotatable bonds is 4. The Kier molecular flexibility index (Phi) is 4.99. The minimum Gasteiger partial charge on any atom is -0.497 e. The molecule has 1 unspecified atom stereocenters. The van der Waals surface area contributed by atoms with Crippen molar-refractivity contribution >= 4 is 35.0 Å². The van der Waals surface area contributed by atoms with Crippen molar-refractivity contribution in [2.75, 3.05) is 17.3 Å². The highest BCUT2D eigenvalue weighted by Crippen LogP contribution is 2.41. The van der Waals surface area contributed by atoms with Gasteiger partial charge in [0.1, 0.15) is 5.75 Å². The summed E-state index contributed by atoms with van der Waals surface area (Å²) in [5, 5.41) is 2.60. The number of fused-ring (bicyclic) bond motifs is 1. The average molecular weight is 356 g/mol. The van der Waals surface area contributed by atoms with Gasteiger partial charge in [-0.15, -0.1) is 11.8 Å². The van der Waals surface area contributed by atoms with Gasteiger partial charge < -0.3 is 15.0 Å². The number of benzene rings is 2. The zero-order chi connectivity index (χ0) is 18.0. The molecule has 0 radical (unpaired) electrons. The molecule has 0 spiro atoms. The van der Waals surface area contributed by atoms with Gasteiger partial charge in [-0.1, -0.05) is 12.1 Å². The first-order valence-electron chi connectivity index (χ1n) is 8.00. The molecule has 1 aliphatic heterocycles. The number of hydrogen-bond acceptors (Lipinski definition) is 4. The van der Waals surface area contributed by atoms with Crippen LogP contribution in [0.25, 0.3) is 0 Å². The number of nitrogens with one attached hydrogen (secondary N) is 1. The van der Waals surface area contributed by atoms with Gasteiger partial charge in [0.15, 0.2) is 0 Å². The van der Waals surface area contributed by atoms with Crippen LogP contribution < -0.4 is 15.0 Å². The molecule has 2 aromatic rings. The van der Waals surface area contributed by atoms with Crippen molar-refractivity contribution in [3.63, 3.8) is 0 Å². The van der Waals surface area contributed by atoms with Crippen LogP contribution in [-0.4, -0.2) is 24.2 Å². The standard InChI is InChI=1S/C19H20N2O3S/c1-12-19(23)21(17-9-8-16(24-3)10-18(17)25-12)11-14-4-6-15(7-5-14)20-13(2)22/h4-10,12H,11H2,1-3H3,(H,20,22). The van der Waals surface area contributed by atoms with E-state index in [2.05, 4.69) is 5.32 Å². The molecule has 0 bridgehead atoms. The lowest BCUT2D eigenvalue weighted by molar-refractivity contribution is -0.118. The van der Waals surface area contributed by atoms with Gasteiger partial charge in [-0.3, -0.25) is 9.59 Å². The Morgan fingerprint density at radius 1 is 1.24 bits per heavy atom. The number of methoxy groups -OCH3 is 1. The van der Waals surface area contributed by atoms with Crippen molar-refractivity contribution in [2.24, 2.45) is 0 Å². The maximum Gasteiger partial charge on any atom is 0.240 e. The third-order valence-corrected chi connectivity index (χ3v) is 5.13. The van der Waals surface area contributed by atoms with E-state index < -0.39 is 0 Å². The second kappa shape index (κ2) is 7.19. The minimum atomic E-state index is -0.141. The summed E-state index contributed by atoms with van der Waals surface area (Å²) < 4.78 is 5.29. The maximum atomic E-state index is 12.7. The molecular weight excluding hydrogens is 336 g/mol. The molecule has 5 nitrogen and oxygen atoms in total. The molecule has 1 aliphatic rings. The molecule has 6 heteroatoms. The lowest BCUT2D eigenvalue weighted by atomic mass is 10.1. The van der Waals surface area contributed by atoms with E-state index in [1.54, 1.807) is 18.9 Å². The molecule has 0 aromatic heterocycles. The van der Waals surface area contributed by atoms with Gasteiger partial charge in [-0.25, -0.2) is 0 Å². The van der Waals surface area contributed by atoms with Crippen LogP contribution in [0.3, 0.4) is 0 Å². The fourth-order valence-electron chi connectivity index (χ4n) is 2.76. The third-order valence-electron chi connectivity index (χ3n) is 3.99. The summed E-state index contributed by atoms with van der Waals surface area (Å²) in [5.74, 6) is 0.772. The molecule has 2 aromatic carbocycles. The summed E-state index contributed by atoms with van der Waals surface area (Å²) in [6, 6.07) is 13.3. The second-order valence-corrected chi connectivity index (χ2v) is 7.28. The van der Waals surface area contributed by atoms with E-state index in [1.807, 2.05) is 54.3 Å². The number of ether oxygens (including phenoxy) is 1. The Hall–Kier alpha value is -2.47. The maximum absolute atomic E-state index is 12.7. The fraction of sp³-hybridized carbons (Fsp3) is 0.263. The van der Waals surface area contributed by atoms with E-state index in [0.29, 0.717) is 6.54 Å². The van der Waals surface area contributed by atoms with Gasteiger partial charge in [-0.05, 0) is 42.8 Å². The largest absolute Gasteiger partial charge is 0.497 e. The molecule has 0 saturated heterocycles. The Morgan fingerprint density at radius 2 is 1.96 bits per heavy atom. The number of carbonyl (C=O) groups is 2. The van der Waals surface area contributed by atoms with Crippen molar-refractivity contribution in [1.82, 2.24) is 0 Å². The van der Waals surface area contributed by atoms with Gasteiger partial charge in [0, 0.05) is 17.5 Å². The number of hydrogen-bond donors (Lipinski definition) is 1. The second-order valence-electron chi connectivity index (χ2n) is 5.90. The van der Waals surface area contributed by atoms with Gasteiger partial charge in [0.2, 0.25) is 11.8 Å². The van der Waals surface area contributed by atoms with Crippen LogP contribution in [0.4, 0.5) is 11.4 Å². The minimum absolute atomic E-state index is 0.0913. The van der Waals surface area contributed by atoms with Crippen LogP contribution in [0.15, 0.2) is 47.4 Å². The highest BCUT2D eigenvalue weighted by atomic mass is 32.2. The molecular formula is C19H20N2O3S. The average Bonchev–Trinajstić information content (AvgIpc) is 2.59.